The van der Waals surface area contributed by atoms with Gasteiger partial charge in [0, 0.05) is 0 Å². The van der Waals surface area contributed by atoms with E-state index in [0.29, 0.717) is 19.3 Å². The second kappa shape index (κ2) is 46.3. The molecule has 1 rings (SSSR count). The lowest BCUT2D eigenvalue weighted by molar-refractivity contribution is -0.298. The van der Waals surface area contributed by atoms with E-state index in [2.05, 4.69) is 35.5 Å². The molecule has 1 amide bonds. The van der Waals surface area contributed by atoms with Crippen LogP contribution in [0.25, 0.3) is 0 Å². The van der Waals surface area contributed by atoms with E-state index < -0.39 is 78.5 Å². The standard InChI is InChI=1S/C56H109NO12S/c1-3-5-7-9-11-13-15-17-19-21-23-25-27-28-30-32-34-36-38-40-42-44-49(59)48(47-67-56-53(62)54(69-70(64,65)66)52(61)51(46-58)68-56)57-55(63)50(60)45-43-41-39-37-35-33-31-29-26-24-22-20-18-16-14-12-10-8-6-4-2/h26,29,48-54,56,58-62H,3-25,27-28,30-47H2,1-2H3,(H,57,63)(H,64,65,66)/b29-26-. The molecule has 13 nitrogen and oxygen atoms in total. The van der Waals surface area contributed by atoms with E-state index in [9.17, 15) is 43.3 Å². The predicted octanol–water partition coefficient (Wildman–Crippen LogP) is 12.4. The topological polar surface area (TPSA) is 212 Å². The van der Waals surface area contributed by atoms with Crippen LogP contribution in [0.15, 0.2) is 12.2 Å². The number of carbonyl (C=O) groups is 1. The number of allylic oxidation sites excluding steroid dienone is 2. The van der Waals surface area contributed by atoms with Crippen molar-refractivity contribution in [2.24, 2.45) is 0 Å². The summed E-state index contributed by atoms with van der Waals surface area (Å²) in [6, 6.07) is -1.03. The highest BCUT2D eigenvalue weighted by molar-refractivity contribution is 7.80. The van der Waals surface area contributed by atoms with Crippen molar-refractivity contribution in [1.29, 1.82) is 0 Å². The van der Waals surface area contributed by atoms with Crippen LogP contribution >= 0.6 is 0 Å². The van der Waals surface area contributed by atoms with Crippen molar-refractivity contribution in [2.45, 2.75) is 326 Å². The number of hydrogen-bond donors (Lipinski definition) is 7. The molecule has 8 unspecified atom stereocenters. The molecular formula is C56H109NO12S. The van der Waals surface area contributed by atoms with Gasteiger partial charge in [-0.3, -0.25) is 9.35 Å². The number of ether oxygens (including phenoxy) is 2. The van der Waals surface area contributed by atoms with Gasteiger partial charge in [0.25, 0.3) is 0 Å². The first-order valence-electron chi connectivity index (χ1n) is 29.2. The van der Waals surface area contributed by atoms with E-state index in [4.69, 9.17) is 9.47 Å². The van der Waals surface area contributed by atoms with Gasteiger partial charge in [-0.05, 0) is 38.5 Å². The first-order chi connectivity index (χ1) is 33.9. The minimum atomic E-state index is -5.11. The summed E-state index contributed by atoms with van der Waals surface area (Å²) in [6.07, 6.45) is 42.4. The summed E-state index contributed by atoms with van der Waals surface area (Å²) in [7, 11) is -5.11. The Morgan fingerprint density at radius 3 is 1.29 bits per heavy atom. The Morgan fingerprint density at radius 2 is 0.914 bits per heavy atom. The molecule has 7 N–H and O–H groups in total. The van der Waals surface area contributed by atoms with Gasteiger partial charge in [-0.15, -0.1) is 0 Å². The number of aliphatic hydroxyl groups excluding tert-OH is 5. The number of unbranched alkanes of at least 4 members (excludes halogenated alkanes) is 36. The molecule has 0 aromatic heterocycles. The number of carbonyl (C=O) groups excluding carboxylic acids is 1. The highest BCUT2D eigenvalue weighted by atomic mass is 32.3. The molecule has 1 heterocycles. The molecule has 0 aromatic carbocycles. The average Bonchev–Trinajstić information content (AvgIpc) is 3.33. The molecule has 1 aliphatic heterocycles. The molecule has 0 spiro atoms. The zero-order valence-corrected chi connectivity index (χ0v) is 45.5. The van der Waals surface area contributed by atoms with Crippen molar-refractivity contribution in [2.75, 3.05) is 13.2 Å². The second-order valence-corrected chi connectivity index (χ2v) is 21.8. The van der Waals surface area contributed by atoms with E-state index in [1.807, 2.05) is 0 Å². The molecule has 1 fully saturated rings. The van der Waals surface area contributed by atoms with Crippen LogP contribution < -0.4 is 5.32 Å². The second-order valence-electron chi connectivity index (χ2n) is 20.7. The Balaban J connectivity index is 2.41. The van der Waals surface area contributed by atoms with Crippen LogP contribution in [0.1, 0.15) is 277 Å². The Morgan fingerprint density at radius 1 is 0.557 bits per heavy atom. The minimum absolute atomic E-state index is 0.256. The van der Waals surface area contributed by atoms with Gasteiger partial charge >= 0.3 is 10.4 Å². The maximum absolute atomic E-state index is 13.2. The SMILES string of the molecule is CCCCCCCCCCCC/C=C\CCCCCCCCC(O)C(=O)NC(COC1OC(CO)C(O)C(OS(=O)(=O)O)C1O)C(O)CCCCCCCCCCCCCCCCCCCCCCC. The Bertz CT molecular complexity index is 1310. The molecule has 1 aliphatic rings. The Labute approximate surface area is 428 Å². The van der Waals surface area contributed by atoms with Crippen molar-refractivity contribution in [3.05, 3.63) is 12.2 Å². The van der Waals surface area contributed by atoms with Gasteiger partial charge in [-0.25, -0.2) is 4.18 Å². The Hall–Kier alpha value is -1.20. The summed E-state index contributed by atoms with van der Waals surface area (Å²) in [6.45, 7) is 3.33. The number of hydrogen-bond acceptors (Lipinski definition) is 11. The molecule has 416 valence electrons. The minimum Gasteiger partial charge on any atom is -0.394 e. The van der Waals surface area contributed by atoms with Gasteiger partial charge in [0.1, 0.15) is 30.5 Å². The van der Waals surface area contributed by atoms with Crippen LogP contribution in [-0.4, -0.2) is 107 Å². The van der Waals surface area contributed by atoms with Gasteiger partial charge < -0.3 is 40.3 Å². The van der Waals surface area contributed by atoms with Crippen LogP contribution in [0.3, 0.4) is 0 Å². The van der Waals surface area contributed by atoms with Crippen LogP contribution in [0, 0.1) is 0 Å². The predicted molar refractivity (Wildman–Crippen MR) is 284 cm³/mol. The third-order valence-electron chi connectivity index (χ3n) is 14.2. The fourth-order valence-electron chi connectivity index (χ4n) is 9.58. The monoisotopic (exact) mass is 1020 g/mol. The van der Waals surface area contributed by atoms with Gasteiger partial charge in [0.2, 0.25) is 5.91 Å². The average molecular weight is 1020 g/mol. The van der Waals surface area contributed by atoms with Crippen molar-refractivity contribution in [3.8, 4) is 0 Å². The molecule has 70 heavy (non-hydrogen) atoms. The van der Waals surface area contributed by atoms with E-state index in [0.717, 1.165) is 57.8 Å². The molecular weight excluding hydrogens is 911 g/mol. The van der Waals surface area contributed by atoms with Crippen molar-refractivity contribution in [3.63, 3.8) is 0 Å². The summed E-state index contributed by atoms with van der Waals surface area (Å²) < 4.78 is 47.8. The summed E-state index contributed by atoms with van der Waals surface area (Å²) in [5.41, 5.74) is 0. The number of rotatable bonds is 51. The fourth-order valence-corrected chi connectivity index (χ4v) is 10.1. The molecule has 14 heteroatoms. The largest absolute Gasteiger partial charge is 0.397 e. The molecule has 0 aliphatic carbocycles. The Kier molecular flexibility index (Phi) is 44.2. The van der Waals surface area contributed by atoms with Crippen LogP contribution in [0.5, 0.6) is 0 Å². The number of amides is 1. The number of nitrogens with one attached hydrogen (secondary N) is 1. The van der Waals surface area contributed by atoms with E-state index in [1.54, 1.807) is 0 Å². The van der Waals surface area contributed by atoms with Crippen LogP contribution in [0.4, 0.5) is 0 Å². The zero-order chi connectivity index (χ0) is 51.3. The van der Waals surface area contributed by atoms with Gasteiger partial charge in [-0.1, -0.05) is 251 Å². The first-order valence-corrected chi connectivity index (χ1v) is 30.5. The molecule has 0 bridgehead atoms. The highest BCUT2D eigenvalue weighted by Gasteiger charge is 2.48. The quantitative estimate of drug-likeness (QED) is 0.0172. The van der Waals surface area contributed by atoms with Crippen LogP contribution in [0.2, 0.25) is 0 Å². The first kappa shape index (κ1) is 66.8. The van der Waals surface area contributed by atoms with E-state index >= 15 is 0 Å². The van der Waals surface area contributed by atoms with Gasteiger partial charge in [0.15, 0.2) is 6.29 Å². The molecule has 0 saturated carbocycles. The summed E-state index contributed by atoms with van der Waals surface area (Å²) in [5, 5.41) is 55.7. The zero-order valence-electron chi connectivity index (χ0n) is 44.7. The highest BCUT2D eigenvalue weighted by Crippen LogP contribution is 2.26. The van der Waals surface area contributed by atoms with Gasteiger partial charge in [-0.2, -0.15) is 8.42 Å². The van der Waals surface area contributed by atoms with E-state index in [1.165, 1.54) is 180 Å². The summed E-state index contributed by atoms with van der Waals surface area (Å²) >= 11 is 0. The molecule has 0 aromatic rings. The lowest BCUT2D eigenvalue weighted by Gasteiger charge is -2.41. The third-order valence-corrected chi connectivity index (χ3v) is 14.6. The summed E-state index contributed by atoms with van der Waals surface area (Å²) in [5.74, 6) is -0.669. The number of aliphatic hydroxyl groups is 5. The van der Waals surface area contributed by atoms with Crippen molar-refractivity contribution < 1.29 is 57.0 Å². The van der Waals surface area contributed by atoms with E-state index in [-0.39, 0.29) is 6.42 Å². The molecule has 8 atom stereocenters. The summed E-state index contributed by atoms with van der Waals surface area (Å²) in [4.78, 5) is 13.2. The lowest BCUT2D eigenvalue weighted by atomic mass is 9.99. The van der Waals surface area contributed by atoms with Crippen LogP contribution in [-0.2, 0) is 28.9 Å². The van der Waals surface area contributed by atoms with Crippen molar-refractivity contribution >= 4 is 16.3 Å². The van der Waals surface area contributed by atoms with Crippen molar-refractivity contribution in [1.82, 2.24) is 5.32 Å². The van der Waals surface area contributed by atoms with Gasteiger partial charge in [0.05, 0.1) is 25.4 Å². The smallest absolute Gasteiger partial charge is 0.394 e. The third kappa shape index (κ3) is 37.5. The fraction of sp³-hybridized carbons (Fsp3) is 0.946. The maximum atomic E-state index is 13.2. The normalized spacial score (nSPS) is 20.0. The molecule has 1 saturated heterocycles. The maximum Gasteiger partial charge on any atom is 0.397 e. The molecule has 0 radical (unpaired) electrons. The lowest BCUT2D eigenvalue weighted by Crippen LogP contribution is -2.61.